The maximum absolute atomic E-state index is 13.1. The number of piperazine rings is 1. The Labute approximate surface area is 204 Å². The third-order valence-corrected chi connectivity index (χ3v) is 7.52. The van der Waals surface area contributed by atoms with Crippen molar-refractivity contribution in [3.8, 4) is 11.1 Å². The first-order chi connectivity index (χ1) is 17.0. The van der Waals surface area contributed by atoms with Crippen LogP contribution in [0.2, 0.25) is 0 Å². The molecule has 0 atom stereocenters. The molecule has 1 saturated heterocycles. The van der Waals surface area contributed by atoms with Gasteiger partial charge in [0.05, 0.1) is 11.8 Å². The number of carboxylic acid groups (broad SMARTS) is 1. The van der Waals surface area contributed by atoms with Crippen LogP contribution in [0.5, 0.6) is 0 Å². The molecule has 8 nitrogen and oxygen atoms in total. The lowest BCUT2D eigenvalue weighted by Crippen LogP contribution is -2.52. The Balaban J connectivity index is 1.11. The normalized spacial score (nSPS) is 18.5. The van der Waals surface area contributed by atoms with E-state index in [1.54, 1.807) is 0 Å². The molecule has 0 radical (unpaired) electrons. The van der Waals surface area contributed by atoms with Gasteiger partial charge in [0.15, 0.2) is 0 Å². The third-order valence-electron chi connectivity index (χ3n) is 7.52. The average molecular weight is 478 g/mol. The fourth-order valence-electron chi connectivity index (χ4n) is 5.27. The summed E-state index contributed by atoms with van der Waals surface area (Å²) in [5, 5.41) is 11.7. The molecule has 3 aliphatic rings. The SMILES string of the molecule is O=C(O)CCN1CCN(C(=O)C2(CNC(=O)OCC3c4ccccc4-c4ccccc43)CC2)CC1. The number of carbonyl (C=O) groups is 3. The van der Waals surface area contributed by atoms with E-state index in [1.807, 2.05) is 29.2 Å². The molecule has 2 amide bonds. The number of amides is 2. The van der Waals surface area contributed by atoms with Gasteiger partial charge in [-0.2, -0.15) is 0 Å². The van der Waals surface area contributed by atoms with Gasteiger partial charge in [0, 0.05) is 45.2 Å². The summed E-state index contributed by atoms with van der Waals surface area (Å²) in [6, 6.07) is 16.4. The van der Waals surface area contributed by atoms with Gasteiger partial charge >= 0.3 is 12.1 Å². The zero-order valence-corrected chi connectivity index (χ0v) is 19.7. The van der Waals surface area contributed by atoms with Crippen molar-refractivity contribution < 1.29 is 24.2 Å². The van der Waals surface area contributed by atoms with Crippen molar-refractivity contribution in [2.45, 2.75) is 25.2 Å². The van der Waals surface area contributed by atoms with E-state index in [-0.39, 0.29) is 31.4 Å². The second-order valence-electron chi connectivity index (χ2n) is 9.74. The van der Waals surface area contributed by atoms with Crippen molar-refractivity contribution in [2.75, 3.05) is 45.9 Å². The van der Waals surface area contributed by atoms with Crippen LogP contribution in [-0.2, 0) is 14.3 Å². The quantitative estimate of drug-likeness (QED) is 0.607. The van der Waals surface area contributed by atoms with Crippen LogP contribution in [0, 0.1) is 5.41 Å². The molecule has 184 valence electrons. The fourth-order valence-corrected chi connectivity index (χ4v) is 5.27. The maximum Gasteiger partial charge on any atom is 0.407 e. The molecule has 1 heterocycles. The largest absolute Gasteiger partial charge is 0.481 e. The van der Waals surface area contributed by atoms with Gasteiger partial charge in [-0.3, -0.25) is 14.5 Å². The predicted molar refractivity (Wildman–Crippen MR) is 130 cm³/mol. The van der Waals surface area contributed by atoms with Crippen molar-refractivity contribution in [1.29, 1.82) is 0 Å². The van der Waals surface area contributed by atoms with Gasteiger partial charge in [0.25, 0.3) is 0 Å². The molecule has 2 aromatic carbocycles. The standard InChI is InChI=1S/C27H31N3O5/c31-24(32)9-12-29-13-15-30(16-14-29)25(33)27(10-11-27)18-28-26(34)35-17-23-21-7-3-1-5-19(21)20-6-2-4-8-22(20)23/h1-8,23H,9-18H2,(H,28,34)(H,31,32). The van der Waals surface area contributed by atoms with E-state index < -0.39 is 17.5 Å². The number of fused-ring (bicyclic) bond motifs is 3. The summed E-state index contributed by atoms with van der Waals surface area (Å²) in [6.07, 6.45) is 1.13. The summed E-state index contributed by atoms with van der Waals surface area (Å²) in [4.78, 5) is 40.4. The molecule has 0 unspecified atom stereocenters. The van der Waals surface area contributed by atoms with Crippen LogP contribution in [0.4, 0.5) is 4.79 Å². The highest BCUT2D eigenvalue weighted by molar-refractivity contribution is 5.86. The summed E-state index contributed by atoms with van der Waals surface area (Å²) in [5.41, 5.74) is 4.16. The molecule has 2 aliphatic carbocycles. The smallest absolute Gasteiger partial charge is 0.407 e. The first kappa shape index (κ1) is 23.4. The maximum atomic E-state index is 13.1. The highest BCUT2D eigenvalue weighted by Crippen LogP contribution is 2.47. The molecule has 2 N–H and O–H groups in total. The Morgan fingerprint density at radius 1 is 0.943 bits per heavy atom. The van der Waals surface area contributed by atoms with E-state index in [0.717, 1.165) is 24.0 Å². The van der Waals surface area contributed by atoms with Crippen LogP contribution < -0.4 is 5.32 Å². The molecule has 2 aromatic rings. The Morgan fingerprint density at radius 3 is 2.11 bits per heavy atom. The van der Waals surface area contributed by atoms with E-state index in [4.69, 9.17) is 9.84 Å². The molecule has 35 heavy (non-hydrogen) atoms. The van der Waals surface area contributed by atoms with Crippen molar-refractivity contribution in [2.24, 2.45) is 5.41 Å². The molecule has 5 rings (SSSR count). The number of hydrogen-bond acceptors (Lipinski definition) is 5. The Hall–Kier alpha value is -3.39. The molecule has 0 bridgehead atoms. The molecule has 0 aromatic heterocycles. The zero-order chi connectivity index (χ0) is 24.4. The number of benzene rings is 2. The molecule has 1 saturated carbocycles. The van der Waals surface area contributed by atoms with Crippen molar-refractivity contribution in [3.63, 3.8) is 0 Å². The van der Waals surface area contributed by atoms with Crippen molar-refractivity contribution in [3.05, 3.63) is 59.7 Å². The van der Waals surface area contributed by atoms with Crippen LogP contribution in [0.25, 0.3) is 11.1 Å². The number of alkyl carbamates (subject to hydrolysis) is 1. The second kappa shape index (κ2) is 9.70. The summed E-state index contributed by atoms with van der Waals surface area (Å²) >= 11 is 0. The van der Waals surface area contributed by atoms with Gasteiger partial charge in [-0.25, -0.2) is 4.79 Å². The fraction of sp³-hybridized carbons (Fsp3) is 0.444. The van der Waals surface area contributed by atoms with Crippen molar-refractivity contribution in [1.82, 2.24) is 15.1 Å². The Bertz CT molecular complexity index is 1080. The van der Waals surface area contributed by atoms with Crippen LogP contribution in [0.1, 0.15) is 36.3 Å². The molecular weight excluding hydrogens is 446 g/mol. The van der Waals surface area contributed by atoms with Crippen molar-refractivity contribution >= 4 is 18.0 Å². The van der Waals surface area contributed by atoms with Crippen LogP contribution in [0.15, 0.2) is 48.5 Å². The van der Waals surface area contributed by atoms with Crippen LogP contribution in [-0.4, -0.2) is 78.8 Å². The van der Waals surface area contributed by atoms with Gasteiger partial charge in [0.2, 0.25) is 5.91 Å². The van der Waals surface area contributed by atoms with Crippen LogP contribution >= 0.6 is 0 Å². The molecule has 8 heteroatoms. The van der Waals surface area contributed by atoms with Gasteiger partial charge in [0.1, 0.15) is 6.61 Å². The molecular formula is C27H31N3O5. The van der Waals surface area contributed by atoms with Gasteiger partial charge in [-0.15, -0.1) is 0 Å². The van der Waals surface area contributed by atoms with E-state index in [0.29, 0.717) is 32.7 Å². The summed E-state index contributed by atoms with van der Waals surface area (Å²) in [6.45, 7) is 3.56. The number of nitrogens with one attached hydrogen (secondary N) is 1. The monoisotopic (exact) mass is 477 g/mol. The molecule has 1 aliphatic heterocycles. The average Bonchev–Trinajstić information content (AvgIpc) is 3.61. The number of nitrogens with zero attached hydrogens (tertiary/aromatic N) is 2. The number of carboxylic acids is 1. The molecule has 2 fully saturated rings. The zero-order valence-electron chi connectivity index (χ0n) is 19.7. The molecule has 0 spiro atoms. The van der Waals surface area contributed by atoms with E-state index in [1.165, 1.54) is 11.1 Å². The number of ether oxygens (including phenoxy) is 1. The number of carbonyl (C=O) groups excluding carboxylic acids is 2. The first-order valence-electron chi connectivity index (χ1n) is 12.3. The van der Waals surface area contributed by atoms with Gasteiger partial charge in [-0.05, 0) is 35.1 Å². The lowest BCUT2D eigenvalue weighted by molar-refractivity contribution is -0.140. The lowest BCUT2D eigenvalue weighted by Gasteiger charge is -2.36. The van der Waals surface area contributed by atoms with E-state index >= 15 is 0 Å². The number of aliphatic carboxylic acids is 1. The van der Waals surface area contributed by atoms with E-state index in [9.17, 15) is 14.4 Å². The Morgan fingerprint density at radius 2 is 1.54 bits per heavy atom. The third kappa shape index (κ3) is 4.89. The van der Waals surface area contributed by atoms with E-state index in [2.05, 4.69) is 34.5 Å². The second-order valence-corrected chi connectivity index (χ2v) is 9.74. The highest BCUT2D eigenvalue weighted by Gasteiger charge is 2.52. The Kier molecular flexibility index (Phi) is 6.47. The minimum absolute atomic E-state index is 0.00194. The topological polar surface area (TPSA) is 99.2 Å². The summed E-state index contributed by atoms with van der Waals surface area (Å²) in [7, 11) is 0. The summed E-state index contributed by atoms with van der Waals surface area (Å²) in [5.74, 6) is -0.726. The lowest BCUT2D eigenvalue weighted by atomic mass is 9.98. The number of rotatable bonds is 8. The highest BCUT2D eigenvalue weighted by atomic mass is 16.5. The van der Waals surface area contributed by atoms with Crippen LogP contribution in [0.3, 0.4) is 0 Å². The minimum atomic E-state index is -0.806. The first-order valence-corrected chi connectivity index (χ1v) is 12.3. The predicted octanol–water partition coefficient (Wildman–Crippen LogP) is 2.92. The summed E-state index contributed by atoms with van der Waals surface area (Å²) < 4.78 is 5.62. The van der Waals surface area contributed by atoms with Gasteiger partial charge in [-0.1, -0.05) is 48.5 Å². The number of hydrogen-bond donors (Lipinski definition) is 2. The minimum Gasteiger partial charge on any atom is -0.481 e. The van der Waals surface area contributed by atoms with Gasteiger partial charge < -0.3 is 20.1 Å².